The van der Waals surface area contributed by atoms with E-state index in [0.717, 1.165) is 22.6 Å². The van der Waals surface area contributed by atoms with Gasteiger partial charge in [-0.15, -0.1) is 0 Å². The zero-order valence-corrected chi connectivity index (χ0v) is 32.8. The number of fused-ring (bicyclic) bond motifs is 3. The Morgan fingerprint density at radius 2 is 0.603 bits per heavy atom. The van der Waals surface area contributed by atoms with E-state index >= 15 is 0 Å². The molecule has 0 unspecified atom stereocenters. The SMILES string of the molecule is CC1(C)c2ccccc2-c2c(-c3ccccc3N(c3ccccc3-c3ccccc3)c3ccccc3-c3ccccc3-c3ccccc3-c3ccccc3)cccc21. The van der Waals surface area contributed by atoms with Crippen LogP contribution >= 0.6 is 0 Å². The molecule has 0 amide bonds. The van der Waals surface area contributed by atoms with Crippen LogP contribution < -0.4 is 4.90 Å². The highest BCUT2D eigenvalue weighted by Crippen LogP contribution is 2.55. The van der Waals surface area contributed by atoms with Gasteiger partial charge < -0.3 is 4.90 Å². The summed E-state index contributed by atoms with van der Waals surface area (Å²) in [5, 5.41) is 0. The first-order chi connectivity index (χ1) is 28.6. The van der Waals surface area contributed by atoms with Crippen LogP contribution in [0.2, 0.25) is 0 Å². The second-order valence-corrected chi connectivity index (χ2v) is 15.6. The molecule has 0 N–H and O–H groups in total. The van der Waals surface area contributed by atoms with E-state index in [0.29, 0.717) is 0 Å². The number of rotatable bonds is 8. The van der Waals surface area contributed by atoms with Gasteiger partial charge in [0.2, 0.25) is 0 Å². The standard InChI is InChI=1S/C57H43N/c1-57(2)51-35-17-13-33-50(51)56-49(34-21-36-52(56)57)48-32-16-20-39-55(48)58(53-37-18-14-27-43(53)41-24-7-4-8-25-41)54-38-19-15-31-47(54)46-30-12-11-29-45(46)44-28-10-9-26-42(44)40-22-5-3-6-23-40/h3-39H,1-2H3. The van der Waals surface area contributed by atoms with Crippen molar-refractivity contribution in [1.29, 1.82) is 0 Å². The van der Waals surface area contributed by atoms with Gasteiger partial charge in [-0.1, -0.05) is 220 Å². The zero-order chi connectivity index (χ0) is 39.1. The molecule has 0 saturated heterocycles. The molecule has 276 valence electrons. The van der Waals surface area contributed by atoms with E-state index in [1.54, 1.807) is 0 Å². The van der Waals surface area contributed by atoms with E-state index in [2.05, 4.69) is 243 Å². The van der Waals surface area contributed by atoms with Crippen molar-refractivity contribution in [2.45, 2.75) is 19.3 Å². The molecular formula is C57H43N. The molecule has 0 spiro atoms. The summed E-state index contributed by atoms with van der Waals surface area (Å²) in [7, 11) is 0. The lowest BCUT2D eigenvalue weighted by Crippen LogP contribution is -2.15. The van der Waals surface area contributed by atoms with Gasteiger partial charge in [0.05, 0.1) is 17.1 Å². The minimum Gasteiger partial charge on any atom is -0.309 e. The summed E-state index contributed by atoms with van der Waals surface area (Å²) in [5.74, 6) is 0. The Labute approximate surface area is 342 Å². The van der Waals surface area contributed by atoms with E-state index in [9.17, 15) is 0 Å². The molecule has 58 heavy (non-hydrogen) atoms. The summed E-state index contributed by atoms with van der Waals surface area (Å²) in [4.78, 5) is 2.51. The maximum absolute atomic E-state index is 2.51. The average Bonchev–Trinajstić information content (AvgIpc) is 3.53. The van der Waals surface area contributed by atoms with Gasteiger partial charge in [-0.3, -0.25) is 0 Å². The van der Waals surface area contributed by atoms with Crippen LogP contribution in [0.1, 0.15) is 25.0 Å². The largest absolute Gasteiger partial charge is 0.309 e. The second kappa shape index (κ2) is 14.7. The van der Waals surface area contributed by atoms with E-state index < -0.39 is 0 Å². The molecule has 0 aromatic heterocycles. The Morgan fingerprint density at radius 1 is 0.259 bits per heavy atom. The lowest BCUT2D eigenvalue weighted by molar-refractivity contribution is 0.660. The Balaban J connectivity index is 1.25. The molecule has 0 radical (unpaired) electrons. The Morgan fingerprint density at radius 3 is 1.19 bits per heavy atom. The molecule has 1 heteroatoms. The first-order valence-corrected chi connectivity index (χ1v) is 20.2. The highest BCUT2D eigenvalue weighted by molar-refractivity contribution is 6.03. The van der Waals surface area contributed by atoms with Crippen molar-refractivity contribution < 1.29 is 0 Å². The van der Waals surface area contributed by atoms with Crippen molar-refractivity contribution in [3.8, 4) is 66.8 Å². The normalized spacial score (nSPS) is 12.4. The van der Waals surface area contributed by atoms with Crippen LogP contribution in [-0.2, 0) is 5.41 Å². The van der Waals surface area contributed by atoms with Crippen LogP contribution in [0.3, 0.4) is 0 Å². The third kappa shape index (κ3) is 5.95. The van der Waals surface area contributed by atoms with Crippen molar-refractivity contribution in [3.63, 3.8) is 0 Å². The highest BCUT2D eigenvalue weighted by atomic mass is 15.1. The summed E-state index contributed by atoms with van der Waals surface area (Å²) in [6, 6.07) is 81.8. The van der Waals surface area contributed by atoms with Crippen LogP contribution in [0.5, 0.6) is 0 Å². The minimum absolute atomic E-state index is 0.108. The van der Waals surface area contributed by atoms with Crippen molar-refractivity contribution in [2.24, 2.45) is 0 Å². The number of anilines is 3. The number of hydrogen-bond acceptors (Lipinski definition) is 1. The van der Waals surface area contributed by atoms with Crippen molar-refractivity contribution in [2.75, 3.05) is 4.90 Å². The number of benzene rings is 9. The molecular weight excluding hydrogens is 699 g/mol. The quantitative estimate of drug-likeness (QED) is 0.150. The molecule has 0 fully saturated rings. The lowest BCUT2D eigenvalue weighted by atomic mass is 9.82. The highest BCUT2D eigenvalue weighted by Gasteiger charge is 2.37. The maximum Gasteiger partial charge on any atom is 0.0540 e. The molecule has 0 saturated carbocycles. The third-order valence-electron chi connectivity index (χ3n) is 11.9. The lowest BCUT2D eigenvalue weighted by Gasteiger charge is -2.32. The fourth-order valence-electron chi connectivity index (χ4n) is 9.23. The van der Waals surface area contributed by atoms with Gasteiger partial charge in [0, 0.05) is 22.1 Å². The number of hydrogen-bond donors (Lipinski definition) is 0. The van der Waals surface area contributed by atoms with Gasteiger partial charge >= 0.3 is 0 Å². The fraction of sp³-hybridized carbons (Fsp3) is 0.0526. The van der Waals surface area contributed by atoms with Gasteiger partial charge in [0.25, 0.3) is 0 Å². The first-order valence-electron chi connectivity index (χ1n) is 20.2. The summed E-state index contributed by atoms with van der Waals surface area (Å²) in [6.45, 7) is 4.72. The molecule has 0 bridgehead atoms. The summed E-state index contributed by atoms with van der Waals surface area (Å²) >= 11 is 0. The van der Waals surface area contributed by atoms with E-state index in [1.165, 1.54) is 72.3 Å². The monoisotopic (exact) mass is 741 g/mol. The smallest absolute Gasteiger partial charge is 0.0540 e. The van der Waals surface area contributed by atoms with Gasteiger partial charge in [0.15, 0.2) is 0 Å². The van der Waals surface area contributed by atoms with Gasteiger partial charge in [-0.25, -0.2) is 0 Å². The number of nitrogens with zero attached hydrogens (tertiary/aromatic N) is 1. The Hall–Kier alpha value is -7.22. The Bertz CT molecular complexity index is 2920. The molecule has 9 aromatic rings. The summed E-state index contributed by atoms with van der Waals surface area (Å²) < 4.78 is 0. The predicted octanol–water partition coefficient (Wildman–Crippen LogP) is 15.8. The van der Waals surface area contributed by atoms with Crippen molar-refractivity contribution in [1.82, 2.24) is 0 Å². The van der Waals surface area contributed by atoms with Gasteiger partial charge in [-0.05, 0) is 79.4 Å². The molecule has 0 atom stereocenters. The molecule has 9 aromatic carbocycles. The molecule has 1 nitrogen and oxygen atoms in total. The van der Waals surface area contributed by atoms with E-state index in [-0.39, 0.29) is 5.41 Å². The molecule has 1 aliphatic rings. The molecule has 1 aliphatic carbocycles. The van der Waals surface area contributed by atoms with Crippen LogP contribution in [-0.4, -0.2) is 0 Å². The summed E-state index contributed by atoms with van der Waals surface area (Å²) in [5.41, 5.74) is 20.5. The topological polar surface area (TPSA) is 3.24 Å². The van der Waals surface area contributed by atoms with Crippen LogP contribution in [0, 0.1) is 0 Å². The van der Waals surface area contributed by atoms with Gasteiger partial charge in [0.1, 0.15) is 0 Å². The van der Waals surface area contributed by atoms with E-state index in [1.807, 2.05) is 0 Å². The summed E-state index contributed by atoms with van der Waals surface area (Å²) in [6.07, 6.45) is 0. The second-order valence-electron chi connectivity index (χ2n) is 15.6. The Kier molecular flexibility index (Phi) is 8.92. The van der Waals surface area contributed by atoms with E-state index in [4.69, 9.17) is 0 Å². The molecule has 0 aliphatic heterocycles. The molecule has 10 rings (SSSR count). The van der Waals surface area contributed by atoms with Crippen LogP contribution in [0.4, 0.5) is 17.1 Å². The maximum atomic E-state index is 2.51. The molecule has 0 heterocycles. The third-order valence-corrected chi connectivity index (χ3v) is 11.9. The van der Waals surface area contributed by atoms with Crippen LogP contribution in [0.25, 0.3) is 66.8 Å². The fourth-order valence-corrected chi connectivity index (χ4v) is 9.23. The van der Waals surface area contributed by atoms with Crippen molar-refractivity contribution in [3.05, 3.63) is 236 Å². The van der Waals surface area contributed by atoms with Crippen molar-refractivity contribution >= 4 is 17.1 Å². The zero-order valence-electron chi connectivity index (χ0n) is 32.8. The van der Waals surface area contributed by atoms with Crippen LogP contribution in [0.15, 0.2) is 224 Å². The average molecular weight is 742 g/mol. The van der Waals surface area contributed by atoms with Gasteiger partial charge in [-0.2, -0.15) is 0 Å². The minimum atomic E-state index is -0.108. The predicted molar refractivity (Wildman–Crippen MR) is 246 cm³/mol. The first kappa shape index (κ1) is 35.2. The number of para-hydroxylation sites is 3.